The molecule has 2 aromatic rings. The highest BCUT2D eigenvalue weighted by Gasteiger charge is 2.11. The molecule has 0 radical (unpaired) electrons. The minimum atomic E-state index is -0.545. The summed E-state index contributed by atoms with van der Waals surface area (Å²) in [5, 5.41) is 0. The van der Waals surface area contributed by atoms with Crippen LogP contribution in [0.4, 0.5) is 10.1 Å². The van der Waals surface area contributed by atoms with Gasteiger partial charge in [-0.05, 0) is 59.3 Å². The summed E-state index contributed by atoms with van der Waals surface area (Å²) in [6.07, 6.45) is 0. The fourth-order valence-electron chi connectivity index (χ4n) is 1.53. The molecule has 19 heavy (non-hydrogen) atoms. The Bertz CT molecular complexity index is 616. The van der Waals surface area contributed by atoms with Crippen LogP contribution in [-0.2, 0) is 4.84 Å². The van der Waals surface area contributed by atoms with Gasteiger partial charge in [-0.15, -0.1) is 0 Å². The largest absolute Gasteiger partial charge is 0.363 e. The molecule has 0 unspecified atom stereocenters. The number of nitrogens with one attached hydrogen (secondary N) is 1. The number of rotatable bonds is 3. The van der Waals surface area contributed by atoms with E-state index in [4.69, 9.17) is 4.84 Å². The molecule has 0 amide bonds. The second-order valence-corrected chi connectivity index (χ2v) is 5.18. The predicted molar refractivity (Wildman–Crippen MR) is 79.3 cm³/mol. The number of carbonyl (C=O) groups is 1. The third kappa shape index (κ3) is 3.44. The van der Waals surface area contributed by atoms with Gasteiger partial charge in [0.15, 0.2) is 5.82 Å². The van der Waals surface area contributed by atoms with Crippen molar-refractivity contribution in [2.45, 2.75) is 6.92 Å². The van der Waals surface area contributed by atoms with Crippen LogP contribution in [0.25, 0.3) is 0 Å². The van der Waals surface area contributed by atoms with Crippen LogP contribution in [-0.4, -0.2) is 5.97 Å². The summed E-state index contributed by atoms with van der Waals surface area (Å²) in [6, 6.07) is 11.6. The van der Waals surface area contributed by atoms with E-state index in [0.29, 0.717) is 5.56 Å². The van der Waals surface area contributed by atoms with E-state index in [9.17, 15) is 9.18 Å². The van der Waals surface area contributed by atoms with E-state index in [1.807, 2.05) is 41.6 Å². The highest BCUT2D eigenvalue weighted by atomic mass is 127. The summed E-state index contributed by atoms with van der Waals surface area (Å²) in [5.74, 6) is -1.01. The zero-order chi connectivity index (χ0) is 13.8. The molecule has 0 spiro atoms. The summed E-state index contributed by atoms with van der Waals surface area (Å²) in [7, 11) is 0. The molecule has 0 heterocycles. The molecule has 98 valence electrons. The van der Waals surface area contributed by atoms with Gasteiger partial charge in [-0.2, -0.15) is 0 Å². The Morgan fingerprint density at radius 3 is 2.68 bits per heavy atom. The molecular formula is C14H11FINO2. The van der Waals surface area contributed by atoms with E-state index < -0.39 is 11.8 Å². The maximum atomic E-state index is 13.5. The van der Waals surface area contributed by atoms with Crippen molar-refractivity contribution in [3.05, 3.63) is 63.0 Å². The molecule has 0 aliphatic heterocycles. The average molecular weight is 371 g/mol. The van der Waals surface area contributed by atoms with Gasteiger partial charge in [0.25, 0.3) is 0 Å². The first kappa shape index (κ1) is 13.8. The normalized spacial score (nSPS) is 10.1. The van der Waals surface area contributed by atoms with Gasteiger partial charge in [-0.1, -0.05) is 18.2 Å². The fourth-order valence-corrected chi connectivity index (χ4v) is 1.98. The van der Waals surface area contributed by atoms with Gasteiger partial charge in [0.1, 0.15) is 5.69 Å². The number of anilines is 1. The van der Waals surface area contributed by atoms with E-state index >= 15 is 0 Å². The van der Waals surface area contributed by atoms with E-state index in [1.165, 1.54) is 12.1 Å². The lowest BCUT2D eigenvalue weighted by atomic mass is 10.1. The maximum Gasteiger partial charge on any atom is 0.363 e. The molecule has 0 saturated heterocycles. The van der Waals surface area contributed by atoms with Crippen molar-refractivity contribution >= 4 is 34.2 Å². The van der Waals surface area contributed by atoms with Gasteiger partial charge in [0.2, 0.25) is 0 Å². The van der Waals surface area contributed by atoms with E-state index in [2.05, 4.69) is 5.48 Å². The van der Waals surface area contributed by atoms with Crippen LogP contribution < -0.4 is 5.48 Å². The molecule has 0 fully saturated rings. The van der Waals surface area contributed by atoms with Crippen LogP contribution in [0.3, 0.4) is 0 Å². The van der Waals surface area contributed by atoms with Crippen LogP contribution in [0.2, 0.25) is 0 Å². The van der Waals surface area contributed by atoms with Gasteiger partial charge in [-0.3, -0.25) is 0 Å². The zero-order valence-electron chi connectivity index (χ0n) is 10.1. The first-order valence-electron chi connectivity index (χ1n) is 5.56. The molecule has 1 N–H and O–H groups in total. The molecule has 2 aromatic carbocycles. The molecule has 2 rings (SSSR count). The number of hydrogen-bond acceptors (Lipinski definition) is 3. The third-order valence-corrected chi connectivity index (χ3v) is 3.22. The minimum Gasteiger partial charge on any atom is -0.338 e. The lowest BCUT2D eigenvalue weighted by Gasteiger charge is -2.09. The van der Waals surface area contributed by atoms with Crippen molar-refractivity contribution in [2.75, 3.05) is 5.48 Å². The Hall–Kier alpha value is -1.63. The lowest BCUT2D eigenvalue weighted by molar-refractivity contribution is 0.0594. The highest BCUT2D eigenvalue weighted by Crippen LogP contribution is 2.17. The molecular weight excluding hydrogens is 360 g/mol. The molecule has 0 aromatic heterocycles. The van der Waals surface area contributed by atoms with Gasteiger partial charge < -0.3 is 4.84 Å². The van der Waals surface area contributed by atoms with Gasteiger partial charge >= 0.3 is 5.97 Å². The number of carbonyl (C=O) groups excluding carboxylic acids is 1. The van der Waals surface area contributed by atoms with Crippen molar-refractivity contribution < 1.29 is 14.0 Å². The van der Waals surface area contributed by atoms with Gasteiger partial charge in [0, 0.05) is 3.57 Å². The second kappa shape index (κ2) is 6.01. The van der Waals surface area contributed by atoms with Gasteiger partial charge in [-0.25, -0.2) is 14.7 Å². The quantitative estimate of drug-likeness (QED) is 0.657. The van der Waals surface area contributed by atoms with Crippen LogP contribution in [0.5, 0.6) is 0 Å². The van der Waals surface area contributed by atoms with E-state index in [0.717, 1.165) is 9.13 Å². The number of aryl methyl sites for hydroxylation is 1. The Balaban J connectivity index is 2.07. The summed E-state index contributed by atoms with van der Waals surface area (Å²) in [5.41, 5.74) is 3.71. The van der Waals surface area contributed by atoms with E-state index in [-0.39, 0.29) is 5.69 Å². The van der Waals surface area contributed by atoms with E-state index in [1.54, 1.807) is 18.2 Å². The summed E-state index contributed by atoms with van der Waals surface area (Å²) < 4.78 is 14.3. The summed E-state index contributed by atoms with van der Waals surface area (Å²) in [6.45, 7) is 1.81. The number of hydrogen-bond donors (Lipinski definition) is 1. The Kier molecular flexibility index (Phi) is 4.36. The SMILES string of the molecule is Cc1ccccc1C(=O)ONc1ccc(I)cc1F. The average Bonchev–Trinajstić information content (AvgIpc) is 2.38. The van der Waals surface area contributed by atoms with Crippen molar-refractivity contribution in [1.82, 2.24) is 0 Å². The molecule has 5 heteroatoms. The standard InChI is InChI=1S/C14H11FINO2/c1-9-4-2-3-5-11(9)14(18)19-17-13-7-6-10(16)8-12(13)15/h2-8,17H,1H3. The second-order valence-electron chi connectivity index (χ2n) is 3.93. The summed E-state index contributed by atoms with van der Waals surface area (Å²) >= 11 is 2.00. The van der Waals surface area contributed by atoms with Crippen molar-refractivity contribution in [2.24, 2.45) is 0 Å². The number of halogens is 2. The van der Waals surface area contributed by atoms with Crippen molar-refractivity contribution in [3.63, 3.8) is 0 Å². The molecule has 0 atom stereocenters. The van der Waals surface area contributed by atoms with Crippen LogP contribution in [0.1, 0.15) is 15.9 Å². The zero-order valence-corrected chi connectivity index (χ0v) is 12.3. The van der Waals surface area contributed by atoms with Crippen molar-refractivity contribution in [1.29, 1.82) is 0 Å². The minimum absolute atomic E-state index is 0.127. The lowest BCUT2D eigenvalue weighted by Crippen LogP contribution is -2.12. The maximum absolute atomic E-state index is 13.5. The smallest absolute Gasteiger partial charge is 0.338 e. The van der Waals surface area contributed by atoms with Crippen LogP contribution >= 0.6 is 22.6 Å². The first-order chi connectivity index (χ1) is 9.08. The Morgan fingerprint density at radius 1 is 1.26 bits per heavy atom. The molecule has 0 aliphatic carbocycles. The molecule has 0 saturated carbocycles. The van der Waals surface area contributed by atoms with Crippen LogP contribution in [0, 0.1) is 16.3 Å². The fraction of sp³-hybridized carbons (Fsp3) is 0.0714. The molecule has 0 bridgehead atoms. The van der Waals surface area contributed by atoms with Crippen molar-refractivity contribution in [3.8, 4) is 0 Å². The predicted octanol–water partition coefficient (Wildman–Crippen LogP) is 3.92. The number of benzene rings is 2. The monoisotopic (exact) mass is 371 g/mol. The Morgan fingerprint density at radius 2 is 2.00 bits per heavy atom. The highest BCUT2D eigenvalue weighted by molar-refractivity contribution is 14.1. The Labute approximate surface area is 123 Å². The molecule has 0 aliphatic rings. The van der Waals surface area contributed by atoms with Gasteiger partial charge in [0.05, 0.1) is 5.56 Å². The van der Waals surface area contributed by atoms with Crippen LogP contribution in [0.15, 0.2) is 42.5 Å². The molecule has 3 nitrogen and oxygen atoms in total. The topological polar surface area (TPSA) is 38.3 Å². The first-order valence-corrected chi connectivity index (χ1v) is 6.63. The third-order valence-electron chi connectivity index (χ3n) is 2.55. The summed E-state index contributed by atoms with van der Waals surface area (Å²) in [4.78, 5) is 16.7.